The van der Waals surface area contributed by atoms with Crippen LogP contribution in [0.1, 0.15) is 16.4 Å². The van der Waals surface area contributed by atoms with Crippen LogP contribution in [0.5, 0.6) is 0 Å². The van der Waals surface area contributed by atoms with E-state index in [4.69, 9.17) is 0 Å². The molecule has 0 bridgehead atoms. The summed E-state index contributed by atoms with van der Waals surface area (Å²) in [5, 5.41) is 0.504. The average molecular weight is 409 g/mol. The maximum atomic E-state index is 13.4. The molecule has 1 fully saturated rings. The zero-order chi connectivity index (χ0) is 19.6. The van der Waals surface area contributed by atoms with Gasteiger partial charge in [-0.15, -0.1) is 0 Å². The number of sulfonamides is 1. The van der Waals surface area contributed by atoms with Crippen LogP contribution >= 0.6 is 11.8 Å². The van der Waals surface area contributed by atoms with Crippen LogP contribution < -0.4 is 0 Å². The highest BCUT2D eigenvalue weighted by molar-refractivity contribution is 8.15. The predicted octanol–water partition coefficient (Wildman–Crippen LogP) is 5.16. The molecule has 1 saturated heterocycles. The minimum atomic E-state index is -3.68. The van der Waals surface area contributed by atoms with E-state index in [2.05, 4.69) is 4.99 Å². The molecule has 0 aromatic heterocycles. The monoisotopic (exact) mass is 408 g/mol. The molecule has 3 aromatic rings. The molecule has 0 aliphatic carbocycles. The number of amidine groups is 1. The smallest absolute Gasteiger partial charge is 0.243 e. The van der Waals surface area contributed by atoms with E-state index in [1.807, 2.05) is 79.7 Å². The Kier molecular flexibility index (Phi) is 5.24. The topological polar surface area (TPSA) is 49.7 Å². The van der Waals surface area contributed by atoms with Crippen LogP contribution in [-0.4, -0.2) is 24.4 Å². The maximum absolute atomic E-state index is 13.4. The fraction of sp³-hybridized carbons (Fsp3) is 0.136. The molecular weight excluding hydrogens is 388 g/mol. The van der Waals surface area contributed by atoms with Crippen molar-refractivity contribution in [1.29, 1.82) is 0 Å². The van der Waals surface area contributed by atoms with Gasteiger partial charge in [0.15, 0.2) is 5.17 Å². The van der Waals surface area contributed by atoms with Crippen molar-refractivity contribution in [3.05, 3.63) is 96.1 Å². The van der Waals surface area contributed by atoms with Gasteiger partial charge in [0.2, 0.25) is 0 Å². The first kappa shape index (κ1) is 18.8. The number of aryl methyl sites for hydroxylation is 1. The largest absolute Gasteiger partial charge is 0.265 e. The molecule has 4 nitrogen and oxygen atoms in total. The summed E-state index contributed by atoms with van der Waals surface area (Å²) < 4.78 is 28.1. The number of hydrogen-bond donors (Lipinski definition) is 0. The van der Waals surface area contributed by atoms with Crippen LogP contribution in [0.2, 0.25) is 0 Å². The van der Waals surface area contributed by atoms with Gasteiger partial charge in [-0.3, -0.25) is 0 Å². The summed E-state index contributed by atoms with van der Waals surface area (Å²) in [5.41, 5.74) is 2.85. The molecule has 0 unspecified atom stereocenters. The third-order valence-electron chi connectivity index (χ3n) is 4.55. The molecule has 0 radical (unpaired) electrons. The number of hydrogen-bond acceptors (Lipinski definition) is 4. The van der Waals surface area contributed by atoms with E-state index in [0.29, 0.717) is 11.7 Å². The molecule has 6 heteroatoms. The molecule has 28 heavy (non-hydrogen) atoms. The zero-order valence-corrected chi connectivity index (χ0v) is 17.0. The number of thioether (sulfide) groups is 1. The molecule has 0 N–H and O–H groups in total. The Morgan fingerprint density at radius 3 is 2.14 bits per heavy atom. The van der Waals surface area contributed by atoms with Crippen molar-refractivity contribution < 1.29 is 8.42 Å². The molecular formula is C22H20N2O2S2. The second-order valence-corrected chi connectivity index (χ2v) is 9.63. The molecule has 4 rings (SSSR count). The van der Waals surface area contributed by atoms with Gasteiger partial charge in [0.1, 0.15) is 0 Å². The van der Waals surface area contributed by atoms with Gasteiger partial charge in [0, 0.05) is 0 Å². The third kappa shape index (κ3) is 3.84. The fourth-order valence-electron chi connectivity index (χ4n) is 3.03. The van der Waals surface area contributed by atoms with Crippen LogP contribution in [0.15, 0.2) is 94.8 Å². The molecule has 0 saturated carbocycles. The molecule has 3 aromatic carbocycles. The summed E-state index contributed by atoms with van der Waals surface area (Å²) in [7, 11) is -3.68. The third-order valence-corrected chi connectivity index (χ3v) is 7.67. The molecule has 1 heterocycles. The van der Waals surface area contributed by atoms with E-state index in [1.165, 1.54) is 16.1 Å². The van der Waals surface area contributed by atoms with Gasteiger partial charge in [0.25, 0.3) is 10.0 Å². The number of rotatable bonds is 4. The van der Waals surface area contributed by atoms with Crippen molar-refractivity contribution >= 4 is 32.6 Å². The molecule has 142 valence electrons. The highest BCUT2D eigenvalue weighted by Crippen LogP contribution is 2.41. The van der Waals surface area contributed by atoms with Gasteiger partial charge < -0.3 is 0 Å². The van der Waals surface area contributed by atoms with E-state index in [9.17, 15) is 8.42 Å². The summed E-state index contributed by atoms with van der Waals surface area (Å²) in [6, 6.07) is 26.4. The lowest BCUT2D eigenvalue weighted by molar-refractivity contribution is 0.529. The second kappa shape index (κ2) is 7.81. The molecule has 0 spiro atoms. The van der Waals surface area contributed by atoms with E-state index in [-0.39, 0.29) is 10.1 Å². The summed E-state index contributed by atoms with van der Waals surface area (Å²) in [6.07, 6.45) is 0. The summed E-state index contributed by atoms with van der Waals surface area (Å²) in [4.78, 5) is 4.94. The Labute approximate surface area is 170 Å². The Morgan fingerprint density at radius 1 is 0.893 bits per heavy atom. The van der Waals surface area contributed by atoms with Crippen molar-refractivity contribution in [1.82, 2.24) is 4.31 Å². The van der Waals surface area contributed by atoms with E-state index in [1.54, 1.807) is 12.1 Å². The molecule has 1 aliphatic heterocycles. The van der Waals surface area contributed by atoms with Crippen molar-refractivity contribution in [2.75, 3.05) is 6.54 Å². The van der Waals surface area contributed by atoms with Crippen molar-refractivity contribution in [2.24, 2.45) is 4.99 Å². The molecule has 1 atom stereocenters. The van der Waals surface area contributed by atoms with E-state index < -0.39 is 10.0 Å². The highest BCUT2D eigenvalue weighted by Gasteiger charge is 2.38. The fourth-order valence-corrected chi connectivity index (χ4v) is 5.99. The van der Waals surface area contributed by atoms with Crippen LogP contribution in [0.4, 0.5) is 5.69 Å². The van der Waals surface area contributed by atoms with Gasteiger partial charge in [-0.1, -0.05) is 78.0 Å². The van der Waals surface area contributed by atoms with Gasteiger partial charge in [-0.05, 0) is 36.8 Å². The first-order chi connectivity index (χ1) is 13.5. The molecule has 1 aliphatic rings. The van der Waals surface area contributed by atoms with Gasteiger partial charge in [-0.25, -0.2) is 17.7 Å². The summed E-state index contributed by atoms with van der Waals surface area (Å²) in [6.45, 7) is 2.30. The Morgan fingerprint density at radius 2 is 1.50 bits per heavy atom. The van der Waals surface area contributed by atoms with Crippen LogP contribution in [0.3, 0.4) is 0 Å². The number of aliphatic imine (C=N–C) groups is 1. The summed E-state index contributed by atoms with van der Waals surface area (Å²) >= 11 is 1.49. The Balaban J connectivity index is 1.75. The Hall–Kier alpha value is -2.57. The van der Waals surface area contributed by atoms with Crippen LogP contribution in [0, 0.1) is 6.92 Å². The van der Waals surface area contributed by atoms with Gasteiger partial charge in [-0.2, -0.15) is 0 Å². The minimum Gasteiger partial charge on any atom is -0.243 e. The SMILES string of the molecule is Cc1ccc(S(=O)(=O)N2C[C@H](c3ccccc3)SC2=Nc2ccccc2)cc1. The normalized spacial score (nSPS) is 18.5. The predicted molar refractivity (Wildman–Crippen MR) is 115 cm³/mol. The highest BCUT2D eigenvalue weighted by atomic mass is 32.2. The first-order valence-corrected chi connectivity index (χ1v) is 11.3. The van der Waals surface area contributed by atoms with Gasteiger partial charge in [0.05, 0.1) is 22.4 Å². The second-order valence-electron chi connectivity index (χ2n) is 6.60. The van der Waals surface area contributed by atoms with Crippen molar-refractivity contribution in [3.63, 3.8) is 0 Å². The van der Waals surface area contributed by atoms with Crippen molar-refractivity contribution in [3.8, 4) is 0 Å². The minimum absolute atomic E-state index is 0.00360. The lowest BCUT2D eigenvalue weighted by Crippen LogP contribution is -2.32. The van der Waals surface area contributed by atoms with Gasteiger partial charge >= 0.3 is 0 Å². The molecule has 0 amide bonds. The quantitative estimate of drug-likeness (QED) is 0.599. The van der Waals surface area contributed by atoms with Crippen LogP contribution in [0.25, 0.3) is 0 Å². The Bertz CT molecular complexity index is 1080. The summed E-state index contributed by atoms with van der Waals surface area (Å²) in [5.74, 6) is 0. The van der Waals surface area contributed by atoms with E-state index >= 15 is 0 Å². The lowest BCUT2D eigenvalue weighted by atomic mass is 10.1. The van der Waals surface area contributed by atoms with Crippen molar-refractivity contribution in [2.45, 2.75) is 17.1 Å². The first-order valence-electron chi connectivity index (χ1n) is 8.99. The number of nitrogens with zero attached hydrogens (tertiary/aromatic N) is 2. The zero-order valence-electron chi connectivity index (χ0n) is 15.4. The van der Waals surface area contributed by atoms with E-state index in [0.717, 1.165) is 16.8 Å². The number of para-hydroxylation sites is 1. The maximum Gasteiger partial charge on any atom is 0.265 e. The standard InChI is InChI=1S/C22H20N2O2S2/c1-17-12-14-20(15-13-17)28(25,26)24-16-21(18-8-4-2-5-9-18)27-22(24)23-19-10-6-3-7-11-19/h2-15,21H,16H2,1H3/t21-/m1/s1. The van der Waals surface area contributed by atoms with Crippen LogP contribution in [-0.2, 0) is 10.0 Å². The lowest BCUT2D eigenvalue weighted by Gasteiger charge is -2.18. The average Bonchev–Trinajstić information content (AvgIpc) is 3.14. The number of benzene rings is 3.